The van der Waals surface area contributed by atoms with E-state index in [-0.39, 0.29) is 30.1 Å². The van der Waals surface area contributed by atoms with Crippen molar-refractivity contribution < 1.29 is 23.9 Å². The third-order valence-electron chi connectivity index (χ3n) is 8.81. The lowest BCUT2D eigenvalue weighted by molar-refractivity contribution is -0.126. The average molecular weight is 565 g/mol. The zero-order chi connectivity index (χ0) is 29.1. The smallest absolute Gasteiger partial charge is 0.413 e. The molecule has 0 aromatic rings. The highest BCUT2D eigenvalue weighted by molar-refractivity contribution is 5.96. The van der Waals surface area contributed by atoms with Crippen molar-refractivity contribution in [2.45, 2.75) is 90.6 Å². The van der Waals surface area contributed by atoms with Crippen molar-refractivity contribution >= 4 is 24.1 Å². The van der Waals surface area contributed by atoms with Gasteiger partial charge in [-0.1, -0.05) is 46.0 Å². The number of rotatable bonds is 8. The Kier molecular flexibility index (Phi) is 12.3. The SMILES string of the molecule is CCOC(=O)NC(=NC(CC1CCCCC1)C(=O)NC1(C(C)C)CCN(C)CC1)N1CCN(C(=O)OCC)CC1. The van der Waals surface area contributed by atoms with Crippen LogP contribution in [0.5, 0.6) is 0 Å². The minimum atomic E-state index is -0.626. The molecule has 11 nitrogen and oxygen atoms in total. The molecule has 0 spiro atoms. The number of likely N-dealkylation sites (tertiary alicyclic amines) is 1. The highest BCUT2D eigenvalue weighted by atomic mass is 16.6. The summed E-state index contributed by atoms with van der Waals surface area (Å²) in [6.45, 7) is 12.1. The van der Waals surface area contributed by atoms with Crippen LogP contribution in [0.1, 0.15) is 79.1 Å². The second kappa shape index (κ2) is 15.4. The summed E-state index contributed by atoms with van der Waals surface area (Å²) in [6, 6.07) is -0.626. The normalized spacial score (nSPS) is 21.6. The van der Waals surface area contributed by atoms with Gasteiger partial charge in [0, 0.05) is 44.8 Å². The monoisotopic (exact) mass is 564 g/mol. The van der Waals surface area contributed by atoms with Crippen molar-refractivity contribution in [2.75, 3.05) is 59.5 Å². The molecule has 1 atom stereocenters. The number of piperazine rings is 1. The van der Waals surface area contributed by atoms with Gasteiger partial charge in [0.1, 0.15) is 6.04 Å². The highest BCUT2D eigenvalue weighted by Crippen LogP contribution is 2.32. The number of nitrogens with zero attached hydrogens (tertiary/aromatic N) is 4. The first-order chi connectivity index (χ1) is 19.2. The molecule has 2 aliphatic heterocycles. The van der Waals surface area contributed by atoms with Gasteiger partial charge in [0.15, 0.2) is 0 Å². The van der Waals surface area contributed by atoms with Crippen molar-refractivity contribution in [3.8, 4) is 0 Å². The Morgan fingerprint density at radius 2 is 1.50 bits per heavy atom. The van der Waals surface area contributed by atoms with Crippen LogP contribution >= 0.6 is 0 Å². The van der Waals surface area contributed by atoms with Gasteiger partial charge in [0.25, 0.3) is 0 Å². The topological polar surface area (TPSA) is 116 Å². The van der Waals surface area contributed by atoms with Crippen LogP contribution < -0.4 is 10.6 Å². The Balaban J connectivity index is 1.86. The summed E-state index contributed by atoms with van der Waals surface area (Å²) in [5, 5.41) is 6.27. The zero-order valence-electron chi connectivity index (χ0n) is 25.4. The first-order valence-electron chi connectivity index (χ1n) is 15.4. The molecular weight excluding hydrogens is 512 g/mol. The Hall–Kier alpha value is -2.56. The van der Waals surface area contributed by atoms with Crippen molar-refractivity contribution in [3.63, 3.8) is 0 Å². The summed E-state index contributed by atoms with van der Waals surface area (Å²) >= 11 is 0. The van der Waals surface area contributed by atoms with Crippen LogP contribution in [-0.4, -0.2) is 110 Å². The first kappa shape index (κ1) is 32.0. The third kappa shape index (κ3) is 8.97. The summed E-state index contributed by atoms with van der Waals surface area (Å²) in [6.07, 6.45) is 7.29. The second-order valence-electron chi connectivity index (χ2n) is 11.8. The summed E-state index contributed by atoms with van der Waals surface area (Å²) in [5.74, 6) is 0.972. The standard InChI is InChI=1S/C29H52N6O5/c1-6-39-27(37)31-26(34-17-19-35(20-18-34)28(38)40-7-2)30-24(21-23-11-9-8-10-12-23)25(36)32-29(22(3)4)13-15-33(5)16-14-29/h22-24H,6-21H2,1-5H3,(H,32,36)(H,30,31,37). The molecule has 3 aliphatic rings. The van der Waals surface area contributed by atoms with Crippen LogP contribution in [0.2, 0.25) is 0 Å². The number of nitrogens with one attached hydrogen (secondary N) is 2. The molecular formula is C29H52N6O5. The van der Waals surface area contributed by atoms with E-state index in [2.05, 4.69) is 36.4 Å². The number of carbonyl (C=O) groups excluding carboxylic acids is 3. The number of aliphatic imine (C=N–C) groups is 1. The fourth-order valence-electron chi connectivity index (χ4n) is 6.06. The Bertz CT molecular complexity index is 859. The van der Waals surface area contributed by atoms with E-state index in [0.29, 0.717) is 51.1 Å². The molecule has 3 fully saturated rings. The number of hydrogen-bond acceptors (Lipinski definition) is 7. The molecule has 228 valence electrons. The summed E-state index contributed by atoms with van der Waals surface area (Å²) in [5.41, 5.74) is -0.274. The number of amides is 3. The van der Waals surface area contributed by atoms with Gasteiger partial charge < -0.3 is 29.5 Å². The molecule has 1 saturated carbocycles. The van der Waals surface area contributed by atoms with Crippen LogP contribution in [-0.2, 0) is 14.3 Å². The van der Waals surface area contributed by atoms with Gasteiger partial charge in [-0.25, -0.2) is 14.6 Å². The molecule has 2 heterocycles. The number of carbonyl (C=O) groups is 3. The van der Waals surface area contributed by atoms with Gasteiger partial charge in [-0.15, -0.1) is 0 Å². The molecule has 2 N–H and O–H groups in total. The van der Waals surface area contributed by atoms with E-state index < -0.39 is 12.1 Å². The molecule has 1 unspecified atom stereocenters. The average Bonchev–Trinajstić information content (AvgIpc) is 2.94. The fraction of sp³-hybridized carbons (Fsp3) is 0.862. The predicted octanol–water partition coefficient (Wildman–Crippen LogP) is 3.44. The Morgan fingerprint density at radius 1 is 0.900 bits per heavy atom. The predicted molar refractivity (Wildman–Crippen MR) is 155 cm³/mol. The van der Waals surface area contributed by atoms with Gasteiger partial charge in [-0.3, -0.25) is 10.1 Å². The van der Waals surface area contributed by atoms with Crippen LogP contribution in [0, 0.1) is 11.8 Å². The Labute approximate surface area is 240 Å². The lowest BCUT2D eigenvalue weighted by Gasteiger charge is -2.45. The summed E-state index contributed by atoms with van der Waals surface area (Å²) in [7, 11) is 2.12. The fourth-order valence-corrected chi connectivity index (χ4v) is 6.06. The van der Waals surface area contributed by atoms with Gasteiger partial charge in [-0.05, 0) is 52.0 Å². The minimum Gasteiger partial charge on any atom is -0.450 e. The number of hydrogen-bond donors (Lipinski definition) is 2. The quantitative estimate of drug-likeness (QED) is 0.343. The highest BCUT2D eigenvalue weighted by Gasteiger charge is 2.40. The van der Waals surface area contributed by atoms with E-state index in [1.165, 1.54) is 19.3 Å². The molecule has 1 aliphatic carbocycles. The molecule has 3 rings (SSSR count). The van der Waals surface area contributed by atoms with E-state index >= 15 is 0 Å². The molecule has 0 aromatic carbocycles. The van der Waals surface area contributed by atoms with Crippen molar-refractivity contribution in [3.05, 3.63) is 0 Å². The number of guanidine groups is 1. The van der Waals surface area contributed by atoms with E-state index in [0.717, 1.165) is 38.8 Å². The van der Waals surface area contributed by atoms with Crippen LogP contribution in [0.4, 0.5) is 9.59 Å². The zero-order valence-corrected chi connectivity index (χ0v) is 25.4. The van der Waals surface area contributed by atoms with Gasteiger partial charge >= 0.3 is 12.2 Å². The number of alkyl carbamates (subject to hydrolysis) is 1. The van der Waals surface area contributed by atoms with E-state index in [9.17, 15) is 14.4 Å². The van der Waals surface area contributed by atoms with Crippen molar-refractivity contribution in [2.24, 2.45) is 16.8 Å². The third-order valence-corrected chi connectivity index (χ3v) is 8.81. The molecule has 2 saturated heterocycles. The first-order valence-corrected chi connectivity index (χ1v) is 15.4. The van der Waals surface area contributed by atoms with Crippen molar-refractivity contribution in [1.82, 2.24) is 25.3 Å². The van der Waals surface area contributed by atoms with Crippen LogP contribution in [0.3, 0.4) is 0 Å². The lowest BCUT2D eigenvalue weighted by Crippen LogP contribution is -2.60. The van der Waals surface area contributed by atoms with Gasteiger partial charge in [0.05, 0.1) is 13.2 Å². The van der Waals surface area contributed by atoms with E-state index in [4.69, 9.17) is 14.5 Å². The van der Waals surface area contributed by atoms with Crippen molar-refractivity contribution in [1.29, 1.82) is 0 Å². The van der Waals surface area contributed by atoms with E-state index in [1.807, 2.05) is 4.90 Å². The number of piperidine rings is 1. The lowest BCUT2D eigenvalue weighted by atomic mass is 9.77. The minimum absolute atomic E-state index is 0.0721. The largest absolute Gasteiger partial charge is 0.450 e. The van der Waals surface area contributed by atoms with E-state index in [1.54, 1.807) is 18.7 Å². The second-order valence-corrected chi connectivity index (χ2v) is 11.8. The molecule has 0 radical (unpaired) electrons. The Morgan fingerprint density at radius 3 is 2.08 bits per heavy atom. The molecule has 0 bridgehead atoms. The molecule has 11 heteroatoms. The maximum atomic E-state index is 14.1. The summed E-state index contributed by atoms with van der Waals surface area (Å²) in [4.78, 5) is 49.7. The molecule has 3 amide bonds. The van der Waals surface area contributed by atoms with Crippen LogP contribution in [0.25, 0.3) is 0 Å². The maximum Gasteiger partial charge on any atom is 0.413 e. The van der Waals surface area contributed by atoms with Gasteiger partial charge in [-0.2, -0.15) is 0 Å². The summed E-state index contributed by atoms with van der Waals surface area (Å²) < 4.78 is 10.3. The molecule has 0 aromatic heterocycles. The number of ether oxygens (including phenoxy) is 2. The molecule has 40 heavy (non-hydrogen) atoms. The van der Waals surface area contributed by atoms with Crippen LogP contribution in [0.15, 0.2) is 4.99 Å². The maximum absolute atomic E-state index is 14.1. The van der Waals surface area contributed by atoms with Gasteiger partial charge in [0.2, 0.25) is 11.9 Å².